The summed E-state index contributed by atoms with van der Waals surface area (Å²) in [7, 11) is 0. The van der Waals surface area contributed by atoms with Gasteiger partial charge < -0.3 is 4.74 Å². The lowest BCUT2D eigenvalue weighted by atomic mass is 9.88. The fourth-order valence-corrected chi connectivity index (χ4v) is 6.31. The van der Waals surface area contributed by atoms with Crippen molar-refractivity contribution in [1.29, 1.82) is 0 Å². The average Bonchev–Trinajstić information content (AvgIpc) is 3.67. The number of benzene rings is 2. The van der Waals surface area contributed by atoms with Crippen LogP contribution in [0.5, 0.6) is 5.75 Å². The molecule has 7 nitrogen and oxygen atoms in total. The summed E-state index contributed by atoms with van der Waals surface area (Å²) in [5.41, 5.74) is 4.56. The zero-order valence-electron chi connectivity index (χ0n) is 20.0. The quantitative estimate of drug-likeness (QED) is 0.363. The van der Waals surface area contributed by atoms with Crippen molar-refractivity contribution in [2.45, 2.75) is 57.7 Å². The second-order valence-electron chi connectivity index (χ2n) is 9.30. The van der Waals surface area contributed by atoms with E-state index in [0.29, 0.717) is 18.6 Å². The molecule has 2 aliphatic rings. The van der Waals surface area contributed by atoms with Crippen LogP contribution in [0.4, 0.5) is 0 Å². The van der Waals surface area contributed by atoms with Crippen LogP contribution in [0.2, 0.25) is 0 Å². The van der Waals surface area contributed by atoms with Gasteiger partial charge in [-0.3, -0.25) is 0 Å². The Labute approximate surface area is 209 Å². The highest BCUT2D eigenvalue weighted by atomic mass is 32.2. The molecule has 4 aromatic rings. The molecule has 0 N–H and O–H groups in total. The van der Waals surface area contributed by atoms with Gasteiger partial charge in [-0.15, -0.1) is 5.10 Å². The lowest BCUT2D eigenvalue weighted by molar-refractivity contribution is 0.306. The van der Waals surface area contributed by atoms with Crippen LogP contribution < -0.4 is 4.74 Å². The van der Waals surface area contributed by atoms with Gasteiger partial charge in [-0.25, -0.2) is 14.3 Å². The minimum atomic E-state index is 0.320. The van der Waals surface area contributed by atoms with Crippen molar-refractivity contribution in [3.63, 3.8) is 0 Å². The first kappa shape index (κ1) is 22.3. The number of rotatable bonds is 7. The van der Waals surface area contributed by atoms with Crippen LogP contribution in [-0.2, 0) is 26.0 Å². The number of hydrogen-bond acceptors (Lipinski definition) is 6. The van der Waals surface area contributed by atoms with E-state index in [1.807, 2.05) is 46.8 Å². The number of hydrogen-bond donors (Lipinski definition) is 0. The SMILES string of the molecule is CCn1nnc2c1CCC(c1nc(-c3cccc(COc4ccccc4)c3)nn1C1CCSC1)C2. The Morgan fingerprint density at radius 1 is 1.09 bits per heavy atom. The third kappa shape index (κ3) is 4.59. The molecule has 6 rings (SSSR count). The smallest absolute Gasteiger partial charge is 0.181 e. The van der Waals surface area contributed by atoms with Crippen LogP contribution in [0.1, 0.15) is 54.5 Å². The first-order chi connectivity index (χ1) is 17.3. The summed E-state index contributed by atoms with van der Waals surface area (Å²) in [6.45, 7) is 3.51. The van der Waals surface area contributed by atoms with E-state index < -0.39 is 0 Å². The summed E-state index contributed by atoms with van der Waals surface area (Å²) in [5.74, 6) is 5.39. The van der Waals surface area contributed by atoms with Crippen molar-refractivity contribution in [2.75, 3.05) is 11.5 Å². The van der Waals surface area contributed by atoms with E-state index in [2.05, 4.69) is 46.2 Å². The molecule has 35 heavy (non-hydrogen) atoms. The molecule has 2 aromatic heterocycles. The van der Waals surface area contributed by atoms with Crippen LogP contribution in [0.15, 0.2) is 54.6 Å². The van der Waals surface area contributed by atoms with Gasteiger partial charge in [0.1, 0.15) is 18.2 Å². The number of ether oxygens (including phenoxy) is 1. The maximum Gasteiger partial charge on any atom is 0.181 e. The van der Waals surface area contributed by atoms with Crippen LogP contribution in [0, 0.1) is 0 Å². The third-order valence-corrected chi connectivity index (χ3v) is 8.14. The van der Waals surface area contributed by atoms with Crippen molar-refractivity contribution < 1.29 is 4.74 Å². The van der Waals surface area contributed by atoms with Crippen LogP contribution in [0.25, 0.3) is 11.4 Å². The largest absolute Gasteiger partial charge is 0.489 e. The molecule has 180 valence electrons. The molecule has 1 fully saturated rings. The monoisotopic (exact) mass is 486 g/mol. The Bertz CT molecular complexity index is 1290. The zero-order valence-corrected chi connectivity index (χ0v) is 20.8. The summed E-state index contributed by atoms with van der Waals surface area (Å²) in [6, 6.07) is 18.8. The Morgan fingerprint density at radius 3 is 2.83 bits per heavy atom. The van der Waals surface area contributed by atoms with Crippen LogP contribution in [-0.4, -0.2) is 41.3 Å². The van der Waals surface area contributed by atoms with Gasteiger partial charge in [0.15, 0.2) is 5.82 Å². The van der Waals surface area contributed by atoms with Crippen molar-refractivity contribution in [3.8, 4) is 17.1 Å². The number of aryl methyl sites for hydroxylation is 1. The highest BCUT2D eigenvalue weighted by molar-refractivity contribution is 7.99. The van der Waals surface area contributed by atoms with Gasteiger partial charge in [-0.05, 0) is 55.7 Å². The first-order valence-corrected chi connectivity index (χ1v) is 13.7. The number of fused-ring (bicyclic) bond motifs is 1. The van der Waals surface area contributed by atoms with E-state index in [-0.39, 0.29) is 0 Å². The maximum absolute atomic E-state index is 5.97. The Hall–Kier alpha value is -3.13. The van der Waals surface area contributed by atoms with Gasteiger partial charge in [0.2, 0.25) is 0 Å². The molecule has 1 aliphatic heterocycles. The molecule has 0 amide bonds. The third-order valence-electron chi connectivity index (χ3n) is 7.00. The molecule has 0 spiro atoms. The molecule has 0 bridgehead atoms. The highest BCUT2D eigenvalue weighted by Crippen LogP contribution is 2.36. The molecule has 2 aromatic carbocycles. The van der Waals surface area contributed by atoms with Gasteiger partial charge in [0, 0.05) is 30.2 Å². The second-order valence-corrected chi connectivity index (χ2v) is 10.4. The normalized spacial score (nSPS) is 19.6. The summed E-state index contributed by atoms with van der Waals surface area (Å²) in [6.07, 6.45) is 4.09. The summed E-state index contributed by atoms with van der Waals surface area (Å²) in [5, 5.41) is 13.9. The molecule has 8 heteroatoms. The van der Waals surface area contributed by atoms with Gasteiger partial charge in [0.25, 0.3) is 0 Å². The lowest BCUT2D eigenvalue weighted by Crippen LogP contribution is -2.21. The maximum atomic E-state index is 5.97. The van der Waals surface area contributed by atoms with Crippen molar-refractivity contribution in [2.24, 2.45) is 0 Å². The van der Waals surface area contributed by atoms with Gasteiger partial charge >= 0.3 is 0 Å². The summed E-state index contributed by atoms with van der Waals surface area (Å²) in [4.78, 5) is 5.15. The zero-order chi connectivity index (χ0) is 23.6. The molecule has 2 unspecified atom stereocenters. The standard InChI is InChI=1S/C27H30N6OS/c1-2-32-25-12-11-21(16-24(25)29-31-32)27-28-26(30-33(27)22-13-14-35-18-22)20-8-6-7-19(15-20)17-34-23-9-4-3-5-10-23/h3-10,15,21-22H,2,11-14,16-18H2,1H3. The number of para-hydroxylation sites is 1. The fourth-order valence-electron chi connectivity index (χ4n) is 5.12. The minimum Gasteiger partial charge on any atom is -0.489 e. The number of aromatic nitrogens is 6. The predicted octanol–water partition coefficient (Wildman–Crippen LogP) is 5.09. The molecule has 1 aliphatic carbocycles. The van der Waals surface area contributed by atoms with E-state index in [1.54, 1.807) is 0 Å². The molecular formula is C27H30N6OS. The lowest BCUT2D eigenvalue weighted by Gasteiger charge is -2.23. The topological polar surface area (TPSA) is 70.7 Å². The predicted molar refractivity (Wildman–Crippen MR) is 138 cm³/mol. The molecule has 1 saturated heterocycles. The van der Waals surface area contributed by atoms with Crippen molar-refractivity contribution >= 4 is 11.8 Å². The Kier molecular flexibility index (Phi) is 6.29. The molecule has 0 radical (unpaired) electrons. The van der Waals surface area contributed by atoms with Gasteiger partial charge in [-0.1, -0.05) is 41.6 Å². The Morgan fingerprint density at radius 2 is 2.00 bits per heavy atom. The van der Waals surface area contributed by atoms with E-state index in [9.17, 15) is 0 Å². The van der Waals surface area contributed by atoms with Crippen LogP contribution >= 0.6 is 11.8 Å². The molecule has 2 atom stereocenters. The minimum absolute atomic E-state index is 0.320. The van der Waals surface area contributed by atoms with Gasteiger partial charge in [-0.2, -0.15) is 16.9 Å². The van der Waals surface area contributed by atoms with E-state index in [0.717, 1.165) is 72.2 Å². The summed E-state index contributed by atoms with van der Waals surface area (Å²) >= 11 is 2.01. The second kappa shape index (κ2) is 9.85. The fraction of sp³-hybridized carbons (Fsp3) is 0.407. The molecule has 0 saturated carbocycles. The first-order valence-electron chi connectivity index (χ1n) is 12.5. The molecule has 3 heterocycles. The van der Waals surface area contributed by atoms with Crippen molar-refractivity contribution in [3.05, 3.63) is 77.4 Å². The number of thioether (sulfide) groups is 1. The van der Waals surface area contributed by atoms with Gasteiger partial charge in [0.05, 0.1) is 17.4 Å². The van der Waals surface area contributed by atoms with Crippen molar-refractivity contribution in [1.82, 2.24) is 29.8 Å². The summed E-state index contributed by atoms with van der Waals surface area (Å²) < 4.78 is 10.2. The van der Waals surface area contributed by atoms with E-state index in [4.69, 9.17) is 14.8 Å². The Balaban J connectivity index is 1.28. The number of nitrogens with zero attached hydrogens (tertiary/aromatic N) is 6. The highest BCUT2D eigenvalue weighted by Gasteiger charge is 2.32. The van der Waals surface area contributed by atoms with E-state index >= 15 is 0 Å². The van der Waals surface area contributed by atoms with E-state index in [1.165, 1.54) is 11.4 Å². The van der Waals surface area contributed by atoms with Crippen LogP contribution in [0.3, 0.4) is 0 Å². The average molecular weight is 487 g/mol. The molecular weight excluding hydrogens is 456 g/mol.